The highest BCUT2D eigenvalue weighted by Crippen LogP contribution is 2.32. The van der Waals surface area contributed by atoms with Gasteiger partial charge in [-0.3, -0.25) is 0 Å². The maximum absolute atomic E-state index is 13.2. The van der Waals surface area contributed by atoms with Crippen molar-refractivity contribution >= 4 is 5.69 Å². The molecule has 0 heterocycles. The van der Waals surface area contributed by atoms with Crippen molar-refractivity contribution in [2.24, 2.45) is 0 Å². The Balaban J connectivity index is 2.20. The highest BCUT2D eigenvalue weighted by atomic mass is 19.4. The van der Waals surface area contributed by atoms with Crippen molar-refractivity contribution < 1.29 is 17.6 Å². The lowest BCUT2D eigenvalue weighted by Crippen LogP contribution is -2.11. The third-order valence-corrected chi connectivity index (χ3v) is 2.89. The molecule has 1 N–H and O–H groups in total. The average Bonchev–Trinajstić information content (AvgIpc) is 2.45. The maximum atomic E-state index is 13.2. The number of rotatable bonds is 3. The summed E-state index contributed by atoms with van der Waals surface area (Å²) in [5.74, 6) is -0.668. The summed E-state index contributed by atoms with van der Waals surface area (Å²) in [7, 11) is 0. The van der Waals surface area contributed by atoms with Crippen molar-refractivity contribution in [1.29, 1.82) is 5.26 Å². The number of nitrogens with one attached hydrogen (secondary N) is 1. The van der Waals surface area contributed by atoms with Crippen LogP contribution < -0.4 is 5.32 Å². The molecule has 108 valence electrons. The summed E-state index contributed by atoms with van der Waals surface area (Å²) in [4.78, 5) is 0. The van der Waals surface area contributed by atoms with E-state index < -0.39 is 17.6 Å². The SMILES string of the molecule is N#Cc1cc(NCc2ccccc2C(F)(F)F)ccc1F. The molecule has 2 aromatic carbocycles. The van der Waals surface area contributed by atoms with E-state index in [1.165, 1.54) is 30.3 Å². The van der Waals surface area contributed by atoms with E-state index in [-0.39, 0.29) is 17.7 Å². The average molecular weight is 294 g/mol. The molecule has 2 aromatic rings. The predicted molar refractivity (Wildman–Crippen MR) is 69.9 cm³/mol. The molecule has 0 aliphatic heterocycles. The lowest BCUT2D eigenvalue weighted by Gasteiger charge is -2.14. The number of nitrogens with zero attached hydrogens (tertiary/aromatic N) is 1. The summed E-state index contributed by atoms with van der Waals surface area (Å²) in [5.41, 5.74) is -0.429. The minimum atomic E-state index is -4.43. The van der Waals surface area contributed by atoms with Crippen molar-refractivity contribution in [2.45, 2.75) is 12.7 Å². The van der Waals surface area contributed by atoms with Gasteiger partial charge in [0.15, 0.2) is 0 Å². The molecule has 0 saturated carbocycles. The monoisotopic (exact) mass is 294 g/mol. The Morgan fingerprint density at radius 1 is 1.10 bits per heavy atom. The van der Waals surface area contributed by atoms with Crippen LogP contribution in [0.4, 0.5) is 23.2 Å². The fourth-order valence-corrected chi connectivity index (χ4v) is 1.87. The Bertz CT molecular complexity index is 687. The Hall–Kier alpha value is -2.55. The molecular formula is C15H10F4N2. The quantitative estimate of drug-likeness (QED) is 0.855. The third kappa shape index (κ3) is 3.51. The van der Waals surface area contributed by atoms with Gasteiger partial charge in [-0.1, -0.05) is 18.2 Å². The molecule has 0 spiro atoms. The molecule has 0 atom stereocenters. The molecule has 0 saturated heterocycles. The molecule has 2 rings (SSSR count). The molecular weight excluding hydrogens is 284 g/mol. The van der Waals surface area contributed by atoms with Crippen molar-refractivity contribution in [2.75, 3.05) is 5.32 Å². The first-order valence-electron chi connectivity index (χ1n) is 6.00. The zero-order valence-corrected chi connectivity index (χ0v) is 10.7. The summed E-state index contributed by atoms with van der Waals surface area (Å²) in [6, 6.07) is 10.6. The Labute approximate surface area is 118 Å². The van der Waals surface area contributed by atoms with E-state index in [9.17, 15) is 17.6 Å². The predicted octanol–water partition coefficient (Wildman–Crippen LogP) is 4.33. The number of alkyl halides is 3. The van der Waals surface area contributed by atoms with Crippen LogP contribution in [0, 0.1) is 17.1 Å². The van der Waals surface area contributed by atoms with Gasteiger partial charge in [-0.2, -0.15) is 18.4 Å². The fourth-order valence-electron chi connectivity index (χ4n) is 1.87. The molecule has 0 aromatic heterocycles. The molecule has 0 unspecified atom stereocenters. The van der Waals surface area contributed by atoms with E-state index in [0.717, 1.165) is 12.1 Å². The summed E-state index contributed by atoms with van der Waals surface area (Å²) in [6.07, 6.45) is -4.43. The second kappa shape index (κ2) is 5.83. The summed E-state index contributed by atoms with van der Waals surface area (Å²) in [5, 5.41) is 11.5. The summed E-state index contributed by atoms with van der Waals surface area (Å²) < 4.78 is 51.6. The van der Waals surface area contributed by atoms with Crippen LogP contribution >= 0.6 is 0 Å². The molecule has 0 aliphatic rings. The Kier molecular flexibility index (Phi) is 4.13. The number of hydrogen-bond donors (Lipinski definition) is 1. The van der Waals surface area contributed by atoms with E-state index in [1.807, 2.05) is 0 Å². The van der Waals surface area contributed by atoms with Gasteiger partial charge < -0.3 is 5.32 Å². The van der Waals surface area contributed by atoms with Gasteiger partial charge in [0, 0.05) is 12.2 Å². The van der Waals surface area contributed by atoms with Crippen LogP contribution in [0.1, 0.15) is 16.7 Å². The van der Waals surface area contributed by atoms with Gasteiger partial charge in [0.2, 0.25) is 0 Å². The highest BCUT2D eigenvalue weighted by molar-refractivity contribution is 5.50. The summed E-state index contributed by atoms with van der Waals surface area (Å²) in [6.45, 7) is -0.0772. The second-order valence-corrected chi connectivity index (χ2v) is 4.31. The second-order valence-electron chi connectivity index (χ2n) is 4.31. The van der Waals surface area contributed by atoms with E-state index in [4.69, 9.17) is 5.26 Å². The number of nitriles is 1. The first-order valence-corrected chi connectivity index (χ1v) is 6.00. The van der Waals surface area contributed by atoms with Gasteiger partial charge in [-0.05, 0) is 29.8 Å². The van der Waals surface area contributed by atoms with Crippen LogP contribution in [0.5, 0.6) is 0 Å². The minimum Gasteiger partial charge on any atom is -0.381 e. The molecule has 2 nitrogen and oxygen atoms in total. The standard InChI is InChI=1S/C15H10F4N2/c16-14-6-5-12(7-11(14)8-20)21-9-10-3-1-2-4-13(10)15(17,18)19/h1-7,21H,9H2. The Morgan fingerprint density at radius 2 is 1.81 bits per heavy atom. The van der Waals surface area contributed by atoms with Crippen LogP contribution in [0.25, 0.3) is 0 Å². The van der Waals surface area contributed by atoms with Gasteiger partial charge in [-0.15, -0.1) is 0 Å². The van der Waals surface area contributed by atoms with Crippen LogP contribution in [-0.2, 0) is 12.7 Å². The van der Waals surface area contributed by atoms with E-state index in [0.29, 0.717) is 5.69 Å². The molecule has 6 heteroatoms. The molecule has 0 fully saturated rings. The van der Waals surface area contributed by atoms with Crippen LogP contribution in [0.3, 0.4) is 0 Å². The van der Waals surface area contributed by atoms with Crippen LogP contribution in [-0.4, -0.2) is 0 Å². The van der Waals surface area contributed by atoms with Crippen LogP contribution in [0.2, 0.25) is 0 Å². The lowest BCUT2D eigenvalue weighted by atomic mass is 10.1. The minimum absolute atomic E-state index is 0.0767. The number of benzene rings is 2. The first-order chi connectivity index (χ1) is 9.91. The van der Waals surface area contributed by atoms with Crippen molar-refractivity contribution in [3.63, 3.8) is 0 Å². The van der Waals surface area contributed by atoms with Crippen molar-refractivity contribution in [3.05, 3.63) is 65.0 Å². The largest absolute Gasteiger partial charge is 0.416 e. The topological polar surface area (TPSA) is 35.8 Å². The number of anilines is 1. The van der Waals surface area contributed by atoms with Gasteiger partial charge in [0.1, 0.15) is 11.9 Å². The molecule has 0 radical (unpaired) electrons. The molecule has 0 amide bonds. The molecule has 21 heavy (non-hydrogen) atoms. The normalized spacial score (nSPS) is 11.0. The lowest BCUT2D eigenvalue weighted by molar-refractivity contribution is -0.138. The molecule has 0 aliphatic carbocycles. The zero-order valence-electron chi connectivity index (χ0n) is 10.7. The van der Waals surface area contributed by atoms with E-state index in [2.05, 4.69) is 5.32 Å². The van der Waals surface area contributed by atoms with Crippen molar-refractivity contribution in [3.8, 4) is 6.07 Å². The third-order valence-electron chi connectivity index (χ3n) is 2.89. The smallest absolute Gasteiger partial charge is 0.381 e. The highest BCUT2D eigenvalue weighted by Gasteiger charge is 2.32. The fraction of sp³-hybridized carbons (Fsp3) is 0.133. The number of hydrogen-bond acceptors (Lipinski definition) is 2. The van der Waals surface area contributed by atoms with Crippen LogP contribution in [0.15, 0.2) is 42.5 Å². The van der Waals surface area contributed by atoms with E-state index in [1.54, 1.807) is 6.07 Å². The van der Waals surface area contributed by atoms with Gasteiger partial charge >= 0.3 is 6.18 Å². The first kappa shape index (κ1) is 14.9. The van der Waals surface area contributed by atoms with Gasteiger partial charge in [0.25, 0.3) is 0 Å². The van der Waals surface area contributed by atoms with Crippen molar-refractivity contribution in [1.82, 2.24) is 0 Å². The zero-order chi connectivity index (χ0) is 15.5. The number of halogens is 4. The van der Waals surface area contributed by atoms with Gasteiger partial charge in [0.05, 0.1) is 11.1 Å². The van der Waals surface area contributed by atoms with E-state index >= 15 is 0 Å². The van der Waals surface area contributed by atoms with Gasteiger partial charge in [-0.25, -0.2) is 4.39 Å². The molecule has 0 bridgehead atoms. The maximum Gasteiger partial charge on any atom is 0.416 e. The Morgan fingerprint density at radius 3 is 2.48 bits per heavy atom. The summed E-state index contributed by atoms with van der Waals surface area (Å²) >= 11 is 0.